The number of hydrogen-bond acceptors (Lipinski definition) is 2. The van der Waals surface area contributed by atoms with Crippen LogP contribution in [0, 0.1) is 5.92 Å². The Kier molecular flexibility index (Phi) is 5.66. The predicted octanol–water partition coefficient (Wildman–Crippen LogP) is 5.82. The van der Waals surface area contributed by atoms with E-state index in [4.69, 9.17) is 11.6 Å². The molecule has 0 amide bonds. The molecule has 160 valence electrons. The summed E-state index contributed by atoms with van der Waals surface area (Å²) >= 11 is 6.17. The molecule has 0 bridgehead atoms. The average Bonchev–Trinajstić information content (AvgIpc) is 3.06. The molecular weight excluding hydrogens is 417 g/mol. The van der Waals surface area contributed by atoms with Crippen molar-refractivity contribution in [2.24, 2.45) is 5.92 Å². The summed E-state index contributed by atoms with van der Waals surface area (Å²) in [7, 11) is 0. The van der Waals surface area contributed by atoms with Gasteiger partial charge in [0.25, 0.3) is 0 Å². The minimum absolute atomic E-state index is 0.00352. The number of nitrogens with zero attached hydrogens (tertiary/aromatic N) is 1. The van der Waals surface area contributed by atoms with Gasteiger partial charge in [0.15, 0.2) is 0 Å². The topological polar surface area (TPSA) is 66.0 Å². The maximum Gasteiger partial charge on any atom is 0.433 e. The maximum atomic E-state index is 13.5. The van der Waals surface area contributed by atoms with Gasteiger partial charge in [0.2, 0.25) is 0 Å². The van der Waals surface area contributed by atoms with Crippen LogP contribution in [0.5, 0.6) is 0 Å². The SMILES string of the molecule is O=C(O)C1CC=C(c2c(Cc3c(Cl)ccnc3C(F)(F)F)[nH]c3c2CCCC3)CC1. The fourth-order valence-electron chi connectivity index (χ4n) is 4.61. The molecule has 2 N–H and O–H groups in total. The number of carboxylic acids is 1. The molecule has 1 unspecified atom stereocenters. The standard InChI is InChI=1S/C22H22ClF3N2O2/c23-16-9-10-27-20(22(24,25)26)15(16)11-18-19(14-3-1-2-4-17(14)28-18)12-5-7-13(8-6-12)21(29)30/h5,9-10,13,28H,1-4,6-8,11H2,(H,29,30). The van der Waals surface area contributed by atoms with Gasteiger partial charge in [0.1, 0.15) is 5.69 Å². The largest absolute Gasteiger partial charge is 0.481 e. The lowest BCUT2D eigenvalue weighted by Gasteiger charge is -2.21. The number of aromatic amines is 1. The van der Waals surface area contributed by atoms with Gasteiger partial charge in [-0.05, 0) is 62.1 Å². The first kappa shape index (κ1) is 21.0. The third kappa shape index (κ3) is 4.00. The molecule has 0 aromatic carbocycles. The number of rotatable bonds is 4. The summed E-state index contributed by atoms with van der Waals surface area (Å²) in [5, 5.41) is 9.31. The van der Waals surface area contributed by atoms with E-state index in [0.717, 1.165) is 54.3 Å². The number of alkyl halides is 3. The van der Waals surface area contributed by atoms with Gasteiger partial charge in [-0.2, -0.15) is 13.2 Å². The Morgan fingerprint density at radius 3 is 2.70 bits per heavy atom. The highest BCUT2D eigenvalue weighted by Crippen LogP contribution is 2.40. The zero-order valence-corrected chi connectivity index (χ0v) is 17.0. The Bertz CT molecular complexity index is 1010. The third-order valence-corrected chi connectivity index (χ3v) is 6.43. The van der Waals surface area contributed by atoms with Gasteiger partial charge < -0.3 is 10.1 Å². The zero-order valence-electron chi connectivity index (χ0n) is 16.3. The van der Waals surface area contributed by atoms with Crippen molar-refractivity contribution in [1.29, 1.82) is 0 Å². The van der Waals surface area contributed by atoms with Crippen molar-refractivity contribution in [3.05, 3.63) is 57.1 Å². The quantitative estimate of drug-likeness (QED) is 0.632. The Morgan fingerprint density at radius 1 is 1.27 bits per heavy atom. The van der Waals surface area contributed by atoms with Crippen molar-refractivity contribution < 1.29 is 23.1 Å². The van der Waals surface area contributed by atoms with Crippen LogP contribution in [0.2, 0.25) is 5.02 Å². The summed E-state index contributed by atoms with van der Waals surface area (Å²) in [6, 6.07) is 1.38. The van der Waals surface area contributed by atoms with Gasteiger partial charge in [0.05, 0.1) is 5.92 Å². The highest BCUT2D eigenvalue weighted by Gasteiger charge is 2.37. The Labute approximate surface area is 177 Å². The van der Waals surface area contributed by atoms with Crippen molar-refractivity contribution in [3.63, 3.8) is 0 Å². The highest BCUT2D eigenvalue weighted by atomic mass is 35.5. The summed E-state index contributed by atoms with van der Waals surface area (Å²) < 4.78 is 40.6. The number of halogens is 4. The van der Waals surface area contributed by atoms with Crippen molar-refractivity contribution in [2.75, 3.05) is 0 Å². The molecule has 2 aromatic rings. The number of fused-ring (bicyclic) bond motifs is 1. The van der Waals surface area contributed by atoms with Gasteiger partial charge in [-0.1, -0.05) is 17.7 Å². The zero-order chi connectivity index (χ0) is 21.5. The van der Waals surface area contributed by atoms with Gasteiger partial charge in [-0.15, -0.1) is 0 Å². The summed E-state index contributed by atoms with van der Waals surface area (Å²) in [5.74, 6) is -1.21. The number of carbonyl (C=O) groups is 1. The van der Waals surface area contributed by atoms with E-state index in [0.29, 0.717) is 25.0 Å². The van der Waals surface area contributed by atoms with Crippen LogP contribution in [-0.2, 0) is 30.2 Å². The average molecular weight is 439 g/mol. The predicted molar refractivity (Wildman–Crippen MR) is 107 cm³/mol. The number of carboxylic acid groups (broad SMARTS) is 1. The molecule has 0 spiro atoms. The lowest BCUT2D eigenvalue weighted by molar-refractivity contribution is -0.142. The highest BCUT2D eigenvalue weighted by molar-refractivity contribution is 6.31. The Hall–Kier alpha value is -2.28. The van der Waals surface area contributed by atoms with Crippen molar-refractivity contribution in [2.45, 2.75) is 57.5 Å². The van der Waals surface area contributed by atoms with Crippen LogP contribution in [-0.4, -0.2) is 21.0 Å². The van der Waals surface area contributed by atoms with E-state index in [1.165, 1.54) is 6.07 Å². The maximum absolute atomic E-state index is 13.5. The van der Waals surface area contributed by atoms with Gasteiger partial charge in [-0.3, -0.25) is 9.78 Å². The number of H-pyrrole nitrogens is 1. The molecule has 2 aliphatic carbocycles. The minimum atomic E-state index is -4.59. The van der Waals surface area contributed by atoms with E-state index in [-0.39, 0.29) is 17.0 Å². The molecule has 8 heteroatoms. The van der Waals surface area contributed by atoms with E-state index in [1.54, 1.807) is 0 Å². The number of aromatic nitrogens is 2. The number of hydrogen-bond donors (Lipinski definition) is 2. The lowest BCUT2D eigenvalue weighted by atomic mass is 9.82. The van der Waals surface area contributed by atoms with E-state index in [9.17, 15) is 23.1 Å². The van der Waals surface area contributed by atoms with Gasteiger partial charge >= 0.3 is 12.1 Å². The lowest BCUT2D eigenvalue weighted by Crippen LogP contribution is -2.16. The van der Waals surface area contributed by atoms with Crippen LogP contribution in [0.4, 0.5) is 13.2 Å². The number of allylic oxidation sites excluding steroid dienone is 2. The molecule has 0 aliphatic heterocycles. The molecule has 4 nitrogen and oxygen atoms in total. The summed E-state index contributed by atoms with van der Waals surface area (Å²) in [4.78, 5) is 18.2. The third-order valence-electron chi connectivity index (χ3n) is 6.08. The number of aliphatic carboxylic acids is 1. The Morgan fingerprint density at radius 2 is 2.03 bits per heavy atom. The fourth-order valence-corrected chi connectivity index (χ4v) is 4.82. The van der Waals surface area contributed by atoms with Crippen LogP contribution in [0.1, 0.15) is 65.9 Å². The fraction of sp³-hybridized carbons (Fsp3) is 0.455. The molecule has 1 atom stereocenters. The summed E-state index contributed by atoms with van der Waals surface area (Å²) in [6.07, 6.45) is 3.79. The first-order valence-electron chi connectivity index (χ1n) is 10.1. The van der Waals surface area contributed by atoms with E-state index < -0.39 is 23.8 Å². The van der Waals surface area contributed by atoms with Crippen molar-refractivity contribution in [3.8, 4) is 0 Å². The Balaban J connectivity index is 1.78. The molecule has 0 saturated heterocycles. The molecule has 0 radical (unpaired) electrons. The minimum Gasteiger partial charge on any atom is -0.481 e. The molecule has 2 aromatic heterocycles. The van der Waals surface area contributed by atoms with Crippen LogP contribution in [0.15, 0.2) is 18.3 Å². The van der Waals surface area contributed by atoms with Gasteiger partial charge in [-0.25, -0.2) is 0 Å². The molecular formula is C22H22ClF3N2O2. The van der Waals surface area contributed by atoms with E-state index in [2.05, 4.69) is 9.97 Å². The molecule has 0 fully saturated rings. The molecule has 2 heterocycles. The molecule has 30 heavy (non-hydrogen) atoms. The van der Waals surface area contributed by atoms with Crippen LogP contribution < -0.4 is 0 Å². The monoisotopic (exact) mass is 438 g/mol. The van der Waals surface area contributed by atoms with Crippen LogP contribution in [0.25, 0.3) is 5.57 Å². The summed E-state index contributed by atoms with van der Waals surface area (Å²) in [6.45, 7) is 0. The summed E-state index contributed by atoms with van der Waals surface area (Å²) in [5.41, 5.74) is 3.92. The van der Waals surface area contributed by atoms with Gasteiger partial charge in [0, 0.05) is 40.2 Å². The molecule has 4 rings (SSSR count). The first-order valence-corrected chi connectivity index (χ1v) is 10.5. The second kappa shape index (κ2) is 8.10. The van der Waals surface area contributed by atoms with Crippen molar-refractivity contribution in [1.82, 2.24) is 9.97 Å². The molecule has 0 saturated carbocycles. The number of nitrogens with one attached hydrogen (secondary N) is 1. The van der Waals surface area contributed by atoms with Crippen LogP contribution >= 0.6 is 11.6 Å². The van der Waals surface area contributed by atoms with E-state index in [1.807, 2.05) is 6.08 Å². The second-order valence-corrected chi connectivity index (χ2v) is 8.38. The van der Waals surface area contributed by atoms with Crippen molar-refractivity contribution >= 4 is 23.1 Å². The first-order chi connectivity index (χ1) is 14.3. The van der Waals surface area contributed by atoms with E-state index >= 15 is 0 Å². The normalized spacial score (nSPS) is 19.3. The smallest absolute Gasteiger partial charge is 0.433 e. The number of pyridine rings is 1. The van der Waals surface area contributed by atoms with Crippen LogP contribution in [0.3, 0.4) is 0 Å². The molecule has 2 aliphatic rings. The number of aryl methyl sites for hydroxylation is 1. The second-order valence-electron chi connectivity index (χ2n) is 7.98.